The highest BCUT2D eigenvalue weighted by molar-refractivity contribution is 6.74. The third kappa shape index (κ3) is 7.56. The fraction of sp³-hybridized carbons (Fsp3) is 0.750. The number of allylic oxidation sites excluding steroid dienone is 5. The lowest BCUT2D eigenvalue weighted by Gasteiger charge is -2.45. The van der Waals surface area contributed by atoms with Gasteiger partial charge in [-0.2, -0.15) is 0 Å². The first-order valence-corrected chi connectivity index (χ1v) is 22.1. The maximum atomic E-state index is 11.0. The van der Waals surface area contributed by atoms with Crippen LogP contribution in [0.5, 0.6) is 0 Å². The Morgan fingerprint density at radius 3 is 2.17 bits per heavy atom. The summed E-state index contributed by atoms with van der Waals surface area (Å²) < 4.78 is 14.1. The van der Waals surface area contributed by atoms with Gasteiger partial charge in [0.25, 0.3) is 0 Å². The van der Waals surface area contributed by atoms with Gasteiger partial charge in [0.2, 0.25) is 0 Å². The molecule has 0 aliphatic heterocycles. The molecule has 3 aliphatic rings. The van der Waals surface area contributed by atoms with E-state index in [-0.39, 0.29) is 22.3 Å². The molecule has 0 heterocycles. The van der Waals surface area contributed by atoms with Crippen molar-refractivity contribution in [1.82, 2.24) is 0 Å². The molecule has 0 amide bonds. The standard InChI is InChI=1S/C36H62O3Si2/c1-26(16-15-23-37)31-20-21-32-28(17-14-22-36(31,32)9)18-19-29-24-30(38-40(10,11)34(3,4)5)25-33(27(29)2)39-41(12,13)35(6,7)8/h15-16,18-19,23,26,30-33H,2,14,17,20-22,24-25H2,1,3-13H3/b16-15+,28-18+,29-19-/t26-,30-,31-,32+,33+,36-/m1/s1. The molecule has 5 heteroatoms. The lowest BCUT2D eigenvalue weighted by atomic mass is 9.61. The molecule has 6 atom stereocenters. The highest BCUT2D eigenvalue weighted by Gasteiger charge is 2.50. The minimum atomic E-state index is -1.97. The summed E-state index contributed by atoms with van der Waals surface area (Å²) in [5.41, 5.74) is 4.40. The van der Waals surface area contributed by atoms with Crippen LogP contribution in [0.2, 0.25) is 36.3 Å². The molecule has 3 saturated carbocycles. The van der Waals surface area contributed by atoms with E-state index in [9.17, 15) is 4.79 Å². The van der Waals surface area contributed by atoms with E-state index in [0.29, 0.717) is 23.2 Å². The van der Waals surface area contributed by atoms with Gasteiger partial charge in [0, 0.05) is 6.42 Å². The zero-order valence-corrected chi connectivity index (χ0v) is 30.7. The highest BCUT2D eigenvalue weighted by Crippen LogP contribution is 2.59. The van der Waals surface area contributed by atoms with E-state index >= 15 is 0 Å². The van der Waals surface area contributed by atoms with Crippen molar-refractivity contribution in [2.45, 2.75) is 149 Å². The van der Waals surface area contributed by atoms with Gasteiger partial charge in [-0.15, -0.1) is 0 Å². The van der Waals surface area contributed by atoms with Crippen molar-refractivity contribution in [1.29, 1.82) is 0 Å². The fourth-order valence-corrected chi connectivity index (χ4v) is 9.93. The summed E-state index contributed by atoms with van der Waals surface area (Å²) in [6.45, 7) is 32.9. The third-order valence-corrected chi connectivity index (χ3v) is 20.9. The summed E-state index contributed by atoms with van der Waals surface area (Å²) >= 11 is 0. The minimum absolute atomic E-state index is 0.0157. The quantitative estimate of drug-likeness (QED) is 0.158. The predicted molar refractivity (Wildman–Crippen MR) is 181 cm³/mol. The van der Waals surface area contributed by atoms with Crippen molar-refractivity contribution in [3.8, 4) is 0 Å². The van der Waals surface area contributed by atoms with Gasteiger partial charge in [0.05, 0.1) is 12.2 Å². The summed E-state index contributed by atoms with van der Waals surface area (Å²) in [6.07, 6.45) is 17.8. The van der Waals surface area contributed by atoms with Crippen molar-refractivity contribution in [3.05, 3.63) is 47.6 Å². The molecule has 0 saturated heterocycles. The molecule has 3 fully saturated rings. The molecular weight excluding hydrogens is 537 g/mol. The molecule has 0 aromatic heterocycles. The van der Waals surface area contributed by atoms with Gasteiger partial charge in [-0.05, 0) is 115 Å². The van der Waals surface area contributed by atoms with Crippen LogP contribution in [0, 0.1) is 23.2 Å². The van der Waals surface area contributed by atoms with Gasteiger partial charge in [0.1, 0.15) is 6.29 Å². The smallest absolute Gasteiger partial charge is 0.192 e. The van der Waals surface area contributed by atoms with Crippen LogP contribution in [-0.4, -0.2) is 35.1 Å². The van der Waals surface area contributed by atoms with Crippen LogP contribution >= 0.6 is 0 Å². The molecular formula is C36H62O3Si2. The van der Waals surface area contributed by atoms with E-state index in [0.717, 1.165) is 24.7 Å². The SMILES string of the molecule is C=C1/C(=C\C=C2/CCC[C@]3(C)[C@@H]([C@H](C)/C=C/C=O)CC[C@@H]23)C[C@@H](O[Si](C)(C)C(C)(C)C)C[C@@H]1O[Si](C)(C)C(C)(C)C. The van der Waals surface area contributed by atoms with Gasteiger partial charge in [-0.3, -0.25) is 4.79 Å². The summed E-state index contributed by atoms with van der Waals surface area (Å²) in [4.78, 5) is 11.0. The van der Waals surface area contributed by atoms with Crippen LogP contribution in [0.15, 0.2) is 47.6 Å². The summed E-state index contributed by atoms with van der Waals surface area (Å²) in [7, 11) is -3.90. The number of carbonyl (C=O) groups excluding carboxylic acids is 1. The largest absolute Gasteiger partial charge is 0.413 e. The topological polar surface area (TPSA) is 35.5 Å². The van der Waals surface area contributed by atoms with E-state index < -0.39 is 16.6 Å². The number of hydrogen-bond donors (Lipinski definition) is 0. The highest BCUT2D eigenvalue weighted by atomic mass is 28.4. The molecule has 0 unspecified atom stereocenters. The summed E-state index contributed by atoms with van der Waals surface area (Å²) in [5.74, 6) is 1.70. The molecule has 0 N–H and O–H groups in total. The van der Waals surface area contributed by atoms with Crippen molar-refractivity contribution in [2.75, 3.05) is 0 Å². The van der Waals surface area contributed by atoms with Crippen molar-refractivity contribution in [2.24, 2.45) is 23.2 Å². The fourth-order valence-electron chi connectivity index (χ4n) is 7.26. The van der Waals surface area contributed by atoms with E-state index in [4.69, 9.17) is 8.85 Å². The number of hydrogen-bond acceptors (Lipinski definition) is 3. The summed E-state index contributed by atoms with van der Waals surface area (Å²) in [6, 6.07) is 0. The van der Waals surface area contributed by atoms with E-state index in [1.54, 1.807) is 11.6 Å². The molecule has 0 bridgehead atoms. The van der Waals surface area contributed by atoms with E-state index in [1.165, 1.54) is 37.7 Å². The number of fused-ring (bicyclic) bond motifs is 1. The van der Waals surface area contributed by atoms with Crippen molar-refractivity contribution in [3.63, 3.8) is 0 Å². The van der Waals surface area contributed by atoms with Crippen LogP contribution in [0.3, 0.4) is 0 Å². The monoisotopic (exact) mass is 598 g/mol. The maximum Gasteiger partial charge on any atom is 0.192 e. The second-order valence-electron chi connectivity index (χ2n) is 16.7. The van der Waals surface area contributed by atoms with Gasteiger partial charge >= 0.3 is 0 Å². The molecule has 41 heavy (non-hydrogen) atoms. The normalized spacial score (nSPS) is 33.0. The Morgan fingerprint density at radius 1 is 0.976 bits per heavy atom. The van der Waals surface area contributed by atoms with Crippen molar-refractivity contribution < 1.29 is 13.6 Å². The molecule has 0 aromatic carbocycles. The zero-order chi connectivity index (χ0) is 31.0. The number of aldehydes is 1. The Hall–Kier alpha value is -1.02. The average Bonchev–Trinajstić information content (AvgIpc) is 3.19. The first-order chi connectivity index (χ1) is 18.7. The van der Waals surface area contributed by atoms with E-state index in [1.807, 2.05) is 0 Å². The minimum Gasteiger partial charge on any atom is -0.413 e. The summed E-state index contributed by atoms with van der Waals surface area (Å²) in [5, 5.41) is 0.322. The molecule has 0 spiro atoms. The molecule has 232 valence electrons. The molecule has 0 aromatic rings. The lowest BCUT2D eigenvalue weighted by Crippen LogP contribution is -2.49. The molecule has 0 radical (unpaired) electrons. The first kappa shape index (κ1) is 34.5. The Bertz CT molecular complexity index is 1050. The Labute approximate surface area is 255 Å². The zero-order valence-electron chi connectivity index (χ0n) is 28.7. The van der Waals surface area contributed by atoms with Crippen LogP contribution < -0.4 is 0 Å². The second kappa shape index (κ2) is 12.5. The van der Waals surface area contributed by atoms with Crippen LogP contribution in [-0.2, 0) is 13.6 Å². The number of rotatable bonds is 8. The van der Waals surface area contributed by atoms with Crippen LogP contribution in [0.25, 0.3) is 0 Å². The Kier molecular flexibility index (Phi) is 10.5. The molecule has 3 aliphatic carbocycles. The average molecular weight is 599 g/mol. The maximum absolute atomic E-state index is 11.0. The lowest BCUT2D eigenvalue weighted by molar-refractivity contribution is -0.104. The third-order valence-electron chi connectivity index (χ3n) is 11.9. The predicted octanol–water partition coefficient (Wildman–Crippen LogP) is 10.6. The van der Waals surface area contributed by atoms with Crippen molar-refractivity contribution >= 4 is 22.9 Å². The first-order valence-electron chi connectivity index (χ1n) is 16.3. The van der Waals surface area contributed by atoms with Crippen LogP contribution in [0.4, 0.5) is 0 Å². The van der Waals surface area contributed by atoms with Crippen LogP contribution in [0.1, 0.15) is 100 Å². The van der Waals surface area contributed by atoms with Gasteiger partial charge < -0.3 is 8.85 Å². The van der Waals surface area contributed by atoms with Gasteiger partial charge in [0.15, 0.2) is 16.6 Å². The number of carbonyl (C=O) groups is 1. The second-order valence-corrected chi connectivity index (χ2v) is 26.3. The molecule has 3 nitrogen and oxygen atoms in total. The van der Waals surface area contributed by atoms with Gasteiger partial charge in [-0.25, -0.2) is 0 Å². The Morgan fingerprint density at radius 2 is 1.59 bits per heavy atom. The Balaban J connectivity index is 1.92. The van der Waals surface area contributed by atoms with E-state index in [2.05, 4.69) is 106 Å². The molecule has 3 rings (SSSR count). The van der Waals surface area contributed by atoms with Gasteiger partial charge in [-0.1, -0.05) is 85.8 Å².